The van der Waals surface area contributed by atoms with Crippen molar-refractivity contribution in [3.63, 3.8) is 0 Å². The van der Waals surface area contributed by atoms with Crippen LogP contribution in [0.15, 0.2) is 34.2 Å². The van der Waals surface area contributed by atoms with Crippen LogP contribution in [0.3, 0.4) is 0 Å². The number of halogens is 2. The van der Waals surface area contributed by atoms with Crippen molar-refractivity contribution in [1.82, 2.24) is 0 Å². The topological polar surface area (TPSA) is 18.5 Å². The zero-order valence-corrected chi connectivity index (χ0v) is 20.9. The van der Waals surface area contributed by atoms with E-state index in [1.54, 1.807) is 7.11 Å². The average molecular weight is 508 g/mol. The van der Waals surface area contributed by atoms with E-state index in [-0.39, 0.29) is 44.8 Å². The van der Waals surface area contributed by atoms with E-state index in [2.05, 4.69) is 71.9 Å². The maximum Gasteiger partial charge on any atom is -1.00 e. The van der Waals surface area contributed by atoms with Gasteiger partial charge in [-0.3, -0.25) is 0 Å². The maximum atomic E-state index is 6.47. The van der Waals surface area contributed by atoms with Crippen LogP contribution in [0.2, 0.25) is 0 Å². The summed E-state index contributed by atoms with van der Waals surface area (Å²) in [5.74, 6) is 1.98. The van der Waals surface area contributed by atoms with E-state index in [9.17, 15) is 0 Å². The van der Waals surface area contributed by atoms with Crippen molar-refractivity contribution < 1.29 is 61.6 Å². The van der Waals surface area contributed by atoms with Gasteiger partial charge in [-0.25, -0.2) is 0 Å². The van der Waals surface area contributed by atoms with Gasteiger partial charge >= 0.3 is 150 Å². The molecule has 1 aliphatic rings. The number of methoxy groups -OCH3 is 1. The molecule has 2 rings (SSSR count). The number of hydrogen-bond acceptors (Lipinski definition) is 2. The van der Waals surface area contributed by atoms with Crippen LogP contribution in [-0.4, -0.2) is 7.11 Å². The molecule has 0 unspecified atom stereocenters. The molecule has 0 fully saturated rings. The molecular weight excluding hydrogens is 480 g/mol. The minimum Gasteiger partial charge on any atom is -1.00 e. The van der Waals surface area contributed by atoms with Gasteiger partial charge in [0.15, 0.2) is 0 Å². The fourth-order valence-electron chi connectivity index (χ4n) is 2.58. The molecule has 138 valence electrons. The third-order valence-electron chi connectivity index (χ3n) is 3.97. The molecule has 0 spiro atoms. The van der Waals surface area contributed by atoms with Gasteiger partial charge in [-0.1, -0.05) is 0 Å². The van der Waals surface area contributed by atoms with E-state index in [0.717, 1.165) is 17.9 Å². The zero-order chi connectivity index (χ0) is 17.3. The van der Waals surface area contributed by atoms with Gasteiger partial charge in [-0.15, -0.1) is 0 Å². The minimum absolute atomic E-state index is 0. The molecule has 2 nitrogen and oxygen atoms in total. The predicted octanol–water partition coefficient (Wildman–Crippen LogP) is -0.482. The molecule has 0 amide bonds. The number of benzene rings is 1. The van der Waals surface area contributed by atoms with Crippen molar-refractivity contribution >= 4 is 0 Å². The molecule has 1 aliphatic carbocycles. The summed E-state index contributed by atoms with van der Waals surface area (Å²) in [5, 5.41) is 0. The molecule has 0 aliphatic heterocycles. The molecule has 1 aromatic rings. The first-order valence-corrected chi connectivity index (χ1v) is 9.56. The summed E-state index contributed by atoms with van der Waals surface area (Å²) < 4.78 is 13.5. The molecule has 25 heavy (non-hydrogen) atoms. The van der Waals surface area contributed by atoms with Crippen LogP contribution in [0.1, 0.15) is 59.1 Å². The zero-order valence-electron chi connectivity index (χ0n) is 16.2. The van der Waals surface area contributed by atoms with Crippen LogP contribution >= 0.6 is 0 Å². The van der Waals surface area contributed by atoms with Crippen molar-refractivity contribution in [1.29, 1.82) is 0 Å². The Morgan fingerprint density at radius 1 is 0.920 bits per heavy atom. The van der Waals surface area contributed by atoms with E-state index in [1.165, 1.54) is 15.0 Å². The first-order chi connectivity index (χ1) is 10.6. The summed E-state index contributed by atoms with van der Waals surface area (Å²) in [6.45, 7) is 13.4. The van der Waals surface area contributed by atoms with Crippen LogP contribution in [0.25, 0.3) is 0 Å². The summed E-state index contributed by atoms with van der Waals surface area (Å²) >= 11 is -0.593. The molecule has 0 heterocycles. The number of hydrogen-bond donors (Lipinski definition) is 0. The van der Waals surface area contributed by atoms with E-state index in [1.807, 2.05) is 0 Å². The van der Waals surface area contributed by atoms with Gasteiger partial charge in [-0.05, 0) is 0 Å². The molecule has 0 saturated heterocycles. The number of rotatable bonds is 4. The van der Waals surface area contributed by atoms with Crippen LogP contribution in [0.4, 0.5) is 0 Å². The minimum atomic E-state index is -0.593. The quantitative estimate of drug-likeness (QED) is 0.513. The van der Waals surface area contributed by atoms with Crippen molar-refractivity contribution in [3.8, 4) is 11.5 Å². The summed E-state index contributed by atoms with van der Waals surface area (Å²) in [6.07, 6.45) is 7.58. The predicted molar refractivity (Wildman–Crippen MR) is 92.9 cm³/mol. The van der Waals surface area contributed by atoms with Crippen molar-refractivity contribution in [3.05, 3.63) is 45.4 Å². The van der Waals surface area contributed by atoms with Crippen molar-refractivity contribution in [2.24, 2.45) is 0 Å². The van der Waals surface area contributed by atoms with Gasteiger partial charge in [-0.2, -0.15) is 0 Å². The third-order valence-corrected chi connectivity index (χ3v) is 5.44. The molecule has 0 atom stereocenters. The Morgan fingerprint density at radius 2 is 1.44 bits per heavy atom. The molecule has 0 N–H and O–H groups in total. The molecular formula is C20H28Br2O2Ti. The van der Waals surface area contributed by atoms with Crippen LogP contribution in [0, 0.1) is 0 Å². The maximum absolute atomic E-state index is 6.47. The fraction of sp³-hybridized carbons (Fsp3) is 0.500. The van der Waals surface area contributed by atoms with Gasteiger partial charge < -0.3 is 34.0 Å². The Labute approximate surface area is 183 Å². The van der Waals surface area contributed by atoms with Gasteiger partial charge in [0.05, 0.1) is 0 Å². The largest absolute Gasteiger partial charge is 1.00 e. The average Bonchev–Trinajstić information content (AvgIpc) is 2.95. The van der Waals surface area contributed by atoms with Crippen LogP contribution in [0.5, 0.6) is 11.5 Å². The van der Waals surface area contributed by atoms with Crippen LogP contribution < -0.4 is 42.0 Å². The summed E-state index contributed by atoms with van der Waals surface area (Å²) in [5.41, 5.74) is 2.49. The van der Waals surface area contributed by atoms with E-state index in [0.29, 0.717) is 0 Å². The molecule has 0 radical (unpaired) electrons. The fourth-order valence-corrected chi connectivity index (χ4v) is 3.86. The normalized spacial score (nSPS) is 13.3. The first-order valence-electron chi connectivity index (χ1n) is 8.14. The second-order valence-corrected chi connectivity index (χ2v) is 9.72. The molecule has 1 aromatic carbocycles. The Morgan fingerprint density at radius 3 is 1.80 bits per heavy atom. The van der Waals surface area contributed by atoms with Crippen molar-refractivity contribution in [2.75, 3.05) is 7.11 Å². The molecule has 0 bridgehead atoms. The molecule has 0 saturated carbocycles. The van der Waals surface area contributed by atoms with Crippen LogP contribution in [-0.2, 0) is 30.4 Å². The Kier molecular flexibility index (Phi) is 9.77. The van der Waals surface area contributed by atoms with E-state index >= 15 is 0 Å². The summed E-state index contributed by atoms with van der Waals surface area (Å²) in [6, 6.07) is 4.27. The molecule has 5 heteroatoms. The standard InChI is InChI=1S/C15H24O2.C5H5.2BrH.Ti/c1-14(2,3)11-8-10(17-7)9-12(13(11)16)15(4,5)6;1-2-4-5-3-1;;;/h8-9,16H,1-7H3;1-3H,4H2;2*1H;/q;;;;+3/p-3. The second-order valence-electron chi connectivity index (χ2n) is 8.08. The van der Waals surface area contributed by atoms with E-state index in [4.69, 9.17) is 8.06 Å². The Hall–Kier alpha value is -0.0257. The number of allylic oxidation sites excluding steroid dienone is 4. The van der Waals surface area contributed by atoms with Gasteiger partial charge in [0.25, 0.3) is 0 Å². The second kappa shape index (κ2) is 9.78. The van der Waals surface area contributed by atoms with Gasteiger partial charge in [0.1, 0.15) is 0 Å². The Balaban J connectivity index is 0.00000288. The van der Waals surface area contributed by atoms with Gasteiger partial charge in [0.2, 0.25) is 0 Å². The number of ether oxygens (including phenoxy) is 1. The SMILES string of the molecule is COc1cc(C(C)(C)C)c([O][Ti+2][C]2=CC=CC2)c(C(C)(C)C)c1.[Br-].[Br-]. The first kappa shape index (κ1) is 25.0. The Bertz CT molecular complexity index is 603. The smallest absolute Gasteiger partial charge is 1.00 e. The summed E-state index contributed by atoms with van der Waals surface area (Å²) in [7, 11) is 1.73. The van der Waals surface area contributed by atoms with Crippen molar-refractivity contribution in [2.45, 2.75) is 58.8 Å². The third kappa shape index (κ3) is 6.57. The monoisotopic (exact) mass is 506 g/mol. The van der Waals surface area contributed by atoms with Gasteiger partial charge in [0, 0.05) is 0 Å². The molecule has 0 aromatic heterocycles. The summed E-state index contributed by atoms with van der Waals surface area (Å²) in [4.78, 5) is 0. The van der Waals surface area contributed by atoms with E-state index < -0.39 is 19.5 Å².